The number of fused-ring (bicyclic) bond motifs is 1. The number of pyridine rings is 1. The van der Waals surface area contributed by atoms with Crippen molar-refractivity contribution in [2.24, 2.45) is 0 Å². The summed E-state index contributed by atoms with van der Waals surface area (Å²) >= 11 is 0. The molecule has 0 saturated heterocycles. The zero-order valence-electron chi connectivity index (χ0n) is 19.0. The molecule has 0 amide bonds. The van der Waals surface area contributed by atoms with Crippen LogP contribution in [0.2, 0.25) is 0 Å². The number of benzene rings is 1. The molecule has 0 aliphatic rings. The minimum Gasteiger partial charge on any atom is -0.463 e. The predicted molar refractivity (Wildman–Crippen MR) is 122 cm³/mol. The summed E-state index contributed by atoms with van der Waals surface area (Å²) in [5, 5.41) is 0.640. The van der Waals surface area contributed by atoms with E-state index < -0.39 is 0 Å². The van der Waals surface area contributed by atoms with E-state index in [-0.39, 0.29) is 30.2 Å². The lowest BCUT2D eigenvalue weighted by atomic mass is 10.0. The Morgan fingerprint density at radius 3 is 2.26 bits per heavy atom. The number of aryl methyl sites for hydroxylation is 1. The van der Waals surface area contributed by atoms with Crippen molar-refractivity contribution in [3.63, 3.8) is 0 Å². The van der Waals surface area contributed by atoms with Gasteiger partial charge in [0.2, 0.25) is 0 Å². The second-order valence-corrected chi connectivity index (χ2v) is 8.14. The molecule has 2 rings (SSSR count). The number of esters is 2. The normalized spacial score (nSPS) is 12.0. The second kappa shape index (κ2) is 12.9. The number of para-hydroxylation sites is 1. The number of hydrogen-bond donors (Lipinski definition) is 0. The zero-order valence-corrected chi connectivity index (χ0v) is 19.0. The van der Waals surface area contributed by atoms with Gasteiger partial charge in [-0.25, -0.2) is 0 Å². The third-order valence-electron chi connectivity index (χ3n) is 5.41. The zero-order chi connectivity index (χ0) is 22.6. The molecule has 0 aliphatic carbocycles. The Morgan fingerprint density at radius 2 is 1.58 bits per heavy atom. The highest BCUT2D eigenvalue weighted by atomic mass is 16.5. The van der Waals surface area contributed by atoms with Crippen molar-refractivity contribution in [2.75, 3.05) is 0 Å². The van der Waals surface area contributed by atoms with Crippen LogP contribution in [-0.2, 0) is 32.2 Å². The van der Waals surface area contributed by atoms with Crippen LogP contribution >= 0.6 is 0 Å². The largest absolute Gasteiger partial charge is 0.463 e. The van der Waals surface area contributed by atoms with Gasteiger partial charge in [0.1, 0.15) is 0 Å². The summed E-state index contributed by atoms with van der Waals surface area (Å²) in [6.45, 7) is 4.90. The molecule has 1 aromatic heterocycles. The second-order valence-electron chi connectivity index (χ2n) is 8.14. The number of carbonyl (C=O) groups is 2. The number of ether oxygens (including phenoxy) is 2. The Morgan fingerprint density at radius 1 is 0.935 bits per heavy atom. The van der Waals surface area contributed by atoms with Crippen LogP contribution in [0.4, 0.5) is 0 Å². The van der Waals surface area contributed by atoms with Crippen LogP contribution in [0, 0.1) is 0 Å². The lowest BCUT2D eigenvalue weighted by Crippen LogP contribution is -2.17. The van der Waals surface area contributed by atoms with Crippen molar-refractivity contribution in [2.45, 2.75) is 91.4 Å². The molecule has 0 spiro atoms. The number of nitrogens with zero attached hydrogens (tertiary/aromatic N) is 1. The van der Waals surface area contributed by atoms with Gasteiger partial charge in [-0.3, -0.25) is 14.4 Å². The summed E-state index contributed by atoms with van der Waals surface area (Å²) in [4.78, 5) is 34.7. The van der Waals surface area contributed by atoms with E-state index in [0.717, 1.165) is 56.2 Å². The van der Waals surface area contributed by atoms with E-state index in [0.29, 0.717) is 5.39 Å². The monoisotopic (exact) mass is 429 g/mol. The minimum atomic E-state index is -0.337. The van der Waals surface area contributed by atoms with Gasteiger partial charge in [0.15, 0.2) is 12.2 Å². The van der Waals surface area contributed by atoms with Crippen LogP contribution < -0.4 is 5.43 Å². The molecule has 0 N–H and O–H groups in total. The van der Waals surface area contributed by atoms with E-state index in [4.69, 9.17) is 9.47 Å². The van der Waals surface area contributed by atoms with Crippen LogP contribution in [0.25, 0.3) is 10.9 Å². The summed E-state index contributed by atoms with van der Waals surface area (Å²) in [6, 6.07) is 9.11. The lowest BCUT2D eigenvalue weighted by Gasteiger charge is -2.16. The SMILES string of the molecule is CC(=O)OCn1c(CCCCCCCCCC(C)OC(C)=O)cc(=O)c2ccccc21. The Balaban J connectivity index is 1.78. The maximum Gasteiger partial charge on any atom is 0.304 e. The summed E-state index contributed by atoms with van der Waals surface area (Å²) in [5.74, 6) is -0.548. The van der Waals surface area contributed by atoms with Crippen molar-refractivity contribution in [1.82, 2.24) is 4.57 Å². The number of rotatable bonds is 13. The molecule has 1 unspecified atom stereocenters. The molecular weight excluding hydrogens is 394 g/mol. The Labute approximate surface area is 184 Å². The van der Waals surface area contributed by atoms with Gasteiger partial charge < -0.3 is 14.0 Å². The van der Waals surface area contributed by atoms with E-state index in [1.807, 2.05) is 29.7 Å². The van der Waals surface area contributed by atoms with E-state index in [9.17, 15) is 14.4 Å². The lowest BCUT2D eigenvalue weighted by molar-refractivity contribution is -0.146. The van der Waals surface area contributed by atoms with Crippen molar-refractivity contribution < 1.29 is 19.1 Å². The molecule has 0 radical (unpaired) electrons. The molecule has 0 bridgehead atoms. The van der Waals surface area contributed by atoms with Crippen molar-refractivity contribution in [3.05, 3.63) is 46.2 Å². The highest BCUT2D eigenvalue weighted by molar-refractivity contribution is 5.79. The summed E-state index contributed by atoms with van der Waals surface area (Å²) in [7, 11) is 0. The molecule has 6 nitrogen and oxygen atoms in total. The number of hydrogen-bond acceptors (Lipinski definition) is 5. The molecule has 31 heavy (non-hydrogen) atoms. The van der Waals surface area contributed by atoms with E-state index in [2.05, 4.69) is 0 Å². The number of aromatic nitrogens is 1. The van der Waals surface area contributed by atoms with Crippen LogP contribution in [0.15, 0.2) is 35.1 Å². The highest BCUT2D eigenvalue weighted by Gasteiger charge is 2.10. The summed E-state index contributed by atoms with van der Waals surface area (Å²) in [5.41, 5.74) is 1.71. The van der Waals surface area contributed by atoms with E-state index in [1.165, 1.54) is 26.7 Å². The van der Waals surface area contributed by atoms with Crippen LogP contribution in [0.3, 0.4) is 0 Å². The highest BCUT2D eigenvalue weighted by Crippen LogP contribution is 2.17. The van der Waals surface area contributed by atoms with Gasteiger partial charge in [-0.05, 0) is 44.7 Å². The van der Waals surface area contributed by atoms with Crippen LogP contribution in [0.5, 0.6) is 0 Å². The van der Waals surface area contributed by atoms with Crippen LogP contribution in [-0.4, -0.2) is 22.6 Å². The van der Waals surface area contributed by atoms with E-state index in [1.54, 1.807) is 12.1 Å². The molecule has 1 aromatic carbocycles. The minimum absolute atomic E-state index is 0.00374. The maximum absolute atomic E-state index is 12.5. The molecule has 6 heteroatoms. The Hall–Kier alpha value is -2.63. The molecule has 170 valence electrons. The fraction of sp³-hybridized carbons (Fsp3) is 0.560. The van der Waals surface area contributed by atoms with Gasteiger partial charge in [-0.1, -0.05) is 44.2 Å². The first-order valence-corrected chi connectivity index (χ1v) is 11.3. The maximum atomic E-state index is 12.5. The smallest absolute Gasteiger partial charge is 0.304 e. The van der Waals surface area contributed by atoms with Crippen LogP contribution in [0.1, 0.15) is 77.8 Å². The fourth-order valence-electron chi connectivity index (χ4n) is 3.86. The third kappa shape index (κ3) is 8.56. The topological polar surface area (TPSA) is 74.6 Å². The summed E-state index contributed by atoms with van der Waals surface area (Å²) < 4.78 is 12.3. The Bertz CT molecular complexity index is 918. The van der Waals surface area contributed by atoms with Crippen molar-refractivity contribution in [3.8, 4) is 0 Å². The fourth-order valence-corrected chi connectivity index (χ4v) is 3.86. The average Bonchev–Trinajstić information content (AvgIpc) is 2.71. The average molecular weight is 430 g/mol. The molecule has 1 atom stereocenters. The van der Waals surface area contributed by atoms with Gasteiger partial charge in [0.05, 0.1) is 11.6 Å². The van der Waals surface area contributed by atoms with Gasteiger partial charge in [0, 0.05) is 31.0 Å². The molecule has 1 heterocycles. The first-order chi connectivity index (χ1) is 14.9. The number of unbranched alkanes of at least 4 members (excludes halogenated alkanes) is 6. The number of carbonyl (C=O) groups excluding carboxylic acids is 2. The molecule has 0 fully saturated rings. The van der Waals surface area contributed by atoms with Gasteiger partial charge in [-0.2, -0.15) is 0 Å². The Kier molecular flexibility index (Phi) is 10.3. The molecule has 2 aromatic rings. The van der Waals surface area contributed by atoms with Crippen molar-refractivity contribution in [1.29, 1.82) is 0 Å². The van der Waals surface area contributed by atoms with E-state index >= 15 is 0 Å². The van der Waals surface area contributed by atoms with Gasteiger partial charge in [0.25, 0.3) is 0 Å². The first-order valence-electron chi connectivity index (χ1n) is 11.3. The standard InChI is InChI=1S/C25H35NO5/c1-19(31-21(3)28)13-9-7-5-4-6-8-10-14-22-17-25(29)23-15-11-12-16-24(23)26(22)18-30-20(2)27/h11-12,15-17,19H,4-10,13-14,18H2,1-3H3. The molecule has 0 saturated carbocycles. The molecular formula is C25H35NO5. The third-order valence-corrected chi connectivity index (χ3v) is 5.41. The van der Waals surface area contributed by atoms with Crippen molar-refractivity contribution >= 4 is 22.8 Å². The molecule has 0 aliphatic heterocycles. The first kappa shape index (κ1) is 24.6. The van der Waals surface area contributed by atoms with Gasteiger partial charge in [-0.15, -0.1) is 0 Å². The predicted octanol–water partition coefficient (Wildman–Crippen LogP) is 5.14. The quantitative estimate of drug-likeness (QED) is 0.326. The summed E-state index contributed by atoms with van der Waals surface area (Å²) in [6.07, 6.45) is 9.53. The van der Waals surface area contributed by atoms with Gasteiger partial charge >= 0.3 is 11.9 Å².